The number of imidazole rings is 1. The number of carbonyl (C=O) groups is 1. The molecule has 5 heteroatoms. The smallest absolute Gasteiger partial charge is 0.227 e. The highest BCUT2D eigenvalue weighted by molar-refractivity contribution is 5.93. The molecule has 1 aliphatic carbocycles. The summed E-state index contributed by atoms with van der Waals surface area (Å²) in [7, 11) is 0. The van der Waals surface area contributed by atoms with E-state index in [1.54, 1.807) is 0 Å². The largest absolute Gasteiger partial charge is 0.362 e. The van der Waals surface area contributed by atoms with Gasteiger partial charge in [0.15, 0.2) is 0 Å². The van der Waals surface area contributed by atoms with E-state index in [0.29, 0.717) is 0 Å². The molecule has 1 saturated carbocycles. The molecule has 3 aromatic rings. The lowest BCUT2D eigenvalue weighted by molar-refractivity contribution is -0.120. The number of rotatable bonds is 3. The average molecular weight is 389 g/mol. The van der Waals surface area contributed by atoms with Crippen LogP contribution in [0, 0.1) is 12.8 Å². The number of hydrogen-bond donors (Lipinski definition) is 1. The first-order chi connectivity index (χ1) is 14.2. The van der Waals surface area contributed by atoms with Crippen LogP contribution in [-0.2, 0) is 17.9 Å². The van der Waals surface area contributed by atoms with Crippen LogP contribution in [0.4, 0.5) is 11.4 Å². The number of nitrogens with one attached hydrogen (secondary N) is 1. The summed E-state index contributed by atoms with van der Waals surface area (Å²) in [5.41, 5.74) is 5.54. The van der Waals surface area contributed by atoms with Crippen molar-refractivity contribution < 1.29 is 4.79 Å². The molecule has 0 bridgehead atoms. The Hall–Kier alpha value is -2.82. The van der Waals surface area contributed by atoms with Gasteiger partial charge in [-0.1, -0.05) is 31.4 Å². The van der Waals surface area contributed by atoms with Crippen molar-refractivity contribution in [3.05, 3.63) is 53.9 Å². The fraction of sp³-hybridized carbons (Fsp3) is 0.417. The molecular formula is C24H28N4O. The summed E-state index contributed by atoms with van der Waals surface area (Å²) in [4.78, 5) is 19.8. The molecule has 0 spiro atoms. The van der Waals surface area contributed by atoms with Gasteiger partial charge in [0.1, 0.15) is 5.82 Å². The van der Waals surface area contributed by atoms with Crippen LogP contribution in [0.3, 0.4) is 0 Å². The average Bonchev–Trinajstić information content (AvgIpc) is 3.13. The quantitative estimate of drug-likeness (QED) is 0.695. The molecule has 5 nitrogen and oxygen atoms in total. The number of nitrogens with zero attached hydrogens (tertiary/aromatic N) is 3. The predicted octanol–water partition coefficient (Wildman–Crippen LogP) is 4.88. The molecule has 1 fully saturated rings. The van der Waals surface area contributed by atoms with E-state index >= 15 is 0 Å². The second-order valence-electron chi connectivity index (χ2n) is 8.41. The van der Waals surface area contributed by atoms with Crippen molar-refractivity contribution in [3.63, 3.8) is 0 Å². The molecule has 29 heavy (non-hydrogen) atoms. The number of carbonyl (C=O) groups excluding carboxylic acids is 1. The Morgan fingerprint density at radius 1 is 1.07 bits per heavy atom. The van der Waals surface area contributed by atoms with E-state index in [2.05, 4.69) is 58.1 Å². The van der Waals surface area contributed by atoms with Crippen LogP contribution in [0.1, 0.15) is 43.5 Å². The lowest BCUT2D eigenvalue weighted by atomic mass is 9.88. The fourth-order valence-electron chi connectivity index (χ4n) is 4.77. The van der Waals surface area contributed by atoms with E-state index in [1.165, 1.54) is 30.5 Å². The summed E-state index contributed by atoms with van der Waals surface area (Å²) in [6, 6.07) is 14.7. The Balaban J connectivity index is 1.32. The number of benzene rings is 2. The number of anilines is 2. The topological polar surface area (TPSA) is 50.2 Å². The van der Waals surface area contributed by atoms with Gasteiger partial charge in [0.25, 0.3) is 0 Å². The monoisotopic (exact) mass is 388 g/mol. The number of aryl methyl sites for hydroxylation is 1. The second kappa shape index (κ2) is 7.54. The van der Waals surface area contributed by atoms with E-state index < -0.39 is 0 Å². The molecule has 0 atom stereocenters. The van der Waals surface area contributed by atoms with Gasteiger partial charge in [-0.05, 0) is 55.7 Å². The third-order valence-corrected chi connectivity index (χ3v) is 6.47. The van der Waals surface area contributed by atoms with Gasteiger partial charge < -0.3 is 14.8 Å². The molecule has 1 amide bonds. The number of fused-ring (bicyclic) bond motifs is 3. The van der Waals surface area contributed by atoms with Crippen molar-refractivity contribution >= 4 is 28.3 Å². The van der Waals surface area contributed by atoms with Crippen LogP contribution in [0.25, 0.3) is 11.0 Å². The summed E-state index contributed by atoms with van der Waals surface area (Å²) in [5.74, 6) is 1.48. The first kappa shape index (κ1) is 18.2. The van der Waals surface area contributed by atoms with E-state index in [1.807, 2.05) is 6.07 Å². The molecule has 150 valence electrons. The van der Waals surface area contributed by atoms with Gasteiger partial charge in [0.2, 0.25) is 5.91 Å². The van der Waals surface area contributed by atoms with E-state index in [4.69, 9.17) is 4.98 Å². The van der Waals surface area contributed by atoms with Crippen LogP contribution in [0.15, 0.2) is 42.5 Å². The predicted molar refractivity (Wildman–Crippen MR) is 117 cm³/mol. The number of hydrogen-bond acceptors (Lipinski definition) is 3. The summed E-state index contributed by atoms with van der Waals surface area (Å²) >= 11 is 0. The molecule has 1 N–H and O–H groups in total. The third kappa shape index (κ3) is 3.50. The first-order valence-corrected chi connectivity index (χ1v) is 10.8. The highest BCUT2D eigenvalue weighted by atomic mass is 16.1. The lowest BCUT2D eigenvalue weighted by Crippen LogP contribution is -2.33. The Kier molecular flexibility index (Phi) is 4.74. The van der Waals surface area contributed by atoms with Crippen LogP contribution >= 0.6 is 0 Å². The first-order valence-electron chi connectivity index (χ1n) is 10.8. The van der Waals surface area contributed by atoms with Crippen molar-refractivity contribution in [1.82, 2.24) is 9.55 Å². The molecule has 1 aromatic heterocycles. The van der Waals surface area contributed by atoms with Crippen LogP contribution in [0.5, 0.6) is 0 Å². The van der Waals surface area contributed by atoms with Gasteiger partial charge in [-0.25, -0.2) is 4.98 Å². The molecule has 0 radical (unpaired) electrons. The molecular weight excluding hydrogens is 360 g/mol. The highest BCUT2D eigenvalue weighted by Crippen LogP contribution is 2.29. The standard InChI is InChI=1S/C24H28N4O/c1-17-15-19(11-12-20(17)26-24(29)18-7-3-2-4-8-18)27-13-14-28-22-10-6-5-9-21(22)25-23(28)16-27/h5-6,9-12,15,18H,2-4,7-8,13-14,16H2,1H3,(H,26,29). The van der Waals surface area contributed by atoms with Crippen LogP contribution in [-0.4, -0.2) is 22.0 Å². The SMILES string of the molecule is Cc1cc(N2CCn3c(nc4ccccc43)C2)ccc1NC(=O)C1CCCCC1. The number of aromatic nitrogens is 2. The van der Waals surface area contributed by atoms with Crippen molar-refractivity contribution in [3.8, 4) is 0 Å². The minimum Gasteiger partial charge on any atom is -0.362 e. The van der Waals surface area contributed by atoms with Gasteiger partial charge in [-0.15, -0.1) is 0 Å². The van der Waals surface area contributed by atoms with Crippen molar-refractivity contribution in [2.45, 2.75) is 52.1 Å². The Morgan fingerprint density at radius 2 is 1.90 bits per heavy atom. The number of amides is 1. The van der Waals surface area contributed by atoms with Crippen molar-refractivity contribution in [2.24, 2.45) is 5.92 Å². The molecule has 0 unspecified atom stereocenters. The Labute approximate surface area is 171 Å². The molecule has 2 heterocycles. The van der Waals surface area contributed by atoms with Gasteiger partial charge in [0.05, 0.1) is 17.6 Å². The summed E-state index contributed by atoms with van der Waals surface area (Å²) in [6.45, 7) is 4.79. The van der Waals surface area contributed by atoms with Crippen LogP contribution in [0.2, 0.25) is 0 Å². The van der Waals surface area contributed by atoms with Gasteiger partial charge >= 0.3 is 0 Å². The number of para-hydroxylation sites is 2. The molecule has 1 aliphatic heterocycles. The van der Waals surface area contributed by atoms with Crippen molar-refractivity contribution in [2.75, 3.05) is 16.8 Å². The van der Waals surface area contributed by atoms with E-state index in [-0.39, 0.29) is 11.8 Å². The fourth-order valence-corrected chi connectivity index (χ4v) is 4.77. The van der Waals surface area contributed by atoms with E-state index in [9.17, 15) is 4.79 Å². The Bertz CT molecular complexity index is 1050. The molecule has 2 aromatic carbocycles. The maximum Gasteiger partial charge on any atom is 0.227 e. The zero-order valence-electron chi connectivity index (χ0n) is 17.0. The summed E-state index contributed by atoms with van der Waals surface area (Å²) < 4.78 is 2.33. The normalized spacial score (nSPS) is 17.3. The zero-order chi connectivity index (χ0) is 19.8. The van der Waals surface area contributed by atoms with Crippen molar-refractivity contribution in [1.29, 1.82) is 0 Å². The maximum absolute atomic E-state index is 12.6. The lowest BCUT2D eigenvalue weighted by Gasteiger charge is -2.30. The van der Waals surface area contributed by atoms with Gasteiger partial charge in [0, 0.05) is 30.4 Å². The van der Waals surface area contributed by atoms with Crippen LogP contribution < -0.4 is 10.2 Å². The highest BCUT2D eigenvalue weighted by Gasteiger charge is 2.23. The molecule has 0 saturated heterocycles. The minimum absolute atomic E-state index is 0.179. The minimum atomic E-state index is 0.179. The molecule has 2 aliphatic rings. The maximum atomic E-state index is 12.6. The van der Waals surface area contributed by atoms with E-state index in [0.717, 1.165) is 55.1 Å². The second-order valence-corrected chi connectivity index (χ2v) is 8.41. The summed E-state index contributed by atoms with van der Waals surface area (Å²) in [6.07, 6.45) is 5.67. The molecule has 5 rings (SSSR count). The van der Waals surface area contributed by atoms with Gasteiger partial charge in [-0.3, -0.25) is 4.79 Å². The summed E-state index contributed by atoms with van der Waals surface area (Å²) in [5, 5.41) is 3.17. The Morgan fingerprint density at radius 3 is 2.72 bits per heavy atom. The third-order valence-electron chi connectivity index (χ3n) is 6.47. The zero-order valence-corrected chi connectivity index (χ0v) is 17.0. The van der Waals surface area contributed by atoms with Gasteiger partial charge in [-0.2, -0.15) is 0 Å².